The molecule has 0 aliphatic carbocycles. The Bertz CT molecular complexity index is 1710. The Hall–Kier alpha value is -5.57. The summed E-state index contributed by atoms with van der Waals surface area (Å²) in [6.07, 6.45) is 1.85. The summed E-state index contributed by atoms with van der Waals surface area (Å²) in [5.41, 5.74) is 3.54. The number of rotatable bonds is 6. The van der Waals surface area contributed by atoms with Gasteiger partial charge in [0.05, 0.1) is 28.4 Å². The van der Waals surface area contributed by atoms with E-state index in [1.807, 2.05) is 60.7 Å². The predicted molar refractivity (Wildman–Crippen MR) is 155 cm³/mol. The van der Waals surface area contributed by atoms with Crippen LogP contribution in [0.15, 0.2) is 103 Å². The Labute approximate surface area is 241 Å². The molecule has 4 aromatic carbocycles. The highest BCUT2D eigenvalue weighted by atomic mass is 16.6. The minimum absolute atomic E-state index is 0.0598. The number of hydrogen-bond acceptors (Lipinski definition) is 7. The summed E-state index contributed by atoms with van der Waals surface area (Å²) in [7, 11) is 0. The lowest BCUT2D eigenvalue weighted by molar-refractivity contribution is -0.384. The highest BCUT2D eigenvalue weighted by molar-refractivity contribution is 6.21. The molecule has 0 saturated heterocycles. The lowest BCUT2D eigenvalue weighted by Crippen LogP contribution is -2.55. The maximum absolute atomic E-state index is 14.1. The number of ether oxygens (including phenoxy) is 1. The van der Waals surface area contributed by atoms with E-state index in [0.717, 1.165) is 16.1 Å². The molecule has 0 fully saturated rings. The largest absolute Gasteiger partial charge is 0.464 e. The smallest absolute Gasteiger partial charge is 0.331 e. The quantitative estimate of drug-likeness (QED) is 0.129. The van der Waals surface area contributed by atoms with Crippen molar-refractivity contribution in [3.05, 3.63) is 147 Å². The molecule has 0 saturated carbocycles. The zero-order valence-electron chi connectivity index (χ0n) is 22.5. The Morgan fingerprint density at radius 1 is 0.833 bits per heavy atom. The number of benzene rings is 4. The van der Waals surface area contributed by atoms with Gasteiger partial charge in [-0.2, -0.15) is 5.01 Å². The third kappa shape index (κ3) is 4.41. The summed E-state index contributed by atoms with van der Waals surface area (Å²) in [5.74, 6) is -2.57. The molecule has 2 amide bonds. The van der Waals surface area contributed by atoms with E-state index in [2.05, 4.69) is 0 Å². The molecule has 0 radical (unpaired) electrons. The van der Waals surface area contributed by atoms with Crippen LogP contribution in [0.3, 0.4) is 0 Å². The SMILES string of the molecule is CCOC(=O)[C@@H]1[C@@H](c2ccc([N+](=O)[O-])cc2)c2ccccc2C=C(c2ccccc2)N1N1C(=O)c2ccccc2C1=O. The highest BCUT2D eigenvalue weighted by Crippen LogP contribution is 2.44. The summed E-state index contributed by atoms with van der Waals surface area (Å²) in [4.78, 5) is 53.0. The highest BCUT2D eigenvalue weighted by Gasteiger charge is 2.49. The van der Waals surface area contributed by atoms with Crippen LogP contribution in [0, 0.1) is 10.1 Å². The Kier molecular flexibility index (Phi) is 6.84. The third-order valence-corrected chi connectivity index (χ3v) is 7.50. The molecule has 2 aliphatic heterocycles. The number of nitro groups is 1. The van der Waals surface area contributed by atoms with Crippen LogP contribution in [-0.4, -0.2) is 45.4 Å². The molecule has 0 aromatic heterocycles. The first-order chi connectivity index (χ1) is 20.4. The van der Waals surface area contributed by atoms with Crippen LogP contribution in [0.2, 0.25) is 0 Å². The summed E-state index contributed by atoms with van der Waals surface area (Å²) in [6, 6.07) is 27.9. The first-order valence-electron chi connectivity index (χ1n) is 13.4. The molecule has 4 aromatic rings. The van der Waals surface area contributed by atoms with Crippen LogP contribution < -0.4 is 0 Å². The van der Waals surface area contributed by atoms with Gasteiger partial charge in [0.25, 0.3) is 17.5 Å². The van der Waals surface area contributed by atoms with Crippen molar-refractivity contribution in [1.82, 2.24) is 10.0 Å². The number of hydrazine groups is 1. The van der Waals surface area contributed by atoms with Gasteiger partial charge in [-0.3, -0.25) is 24.7 Å². The summed E-state index contributed by atoms with van der Waals surface area (Å²) < 4.78 is 5.62. The molecule has 2 heterocycles. The molecule has 0 bridgehead atoms. The molecule has 2 aliphatic rings. The lowest BCUT2D eigenvalue weighted by atomic mass is 9.83. The summed E-state index contributed by atoms with van der Waals surface area (Å²) in [5, 5.41) is 13.9. The van der Waals surface area contributed by atoms with E-state index in [0.29, 0.717) is 16.8 Å². The van der Waals surface area contributed by atoms with Crippen LogP contribution in [0.5, 0.6) is 0 Å². The first-order valence-corrected chi connectivity index (χ1v) is 13.4. The van der Waals surface area contributed by atoms with Crippen LogP contribution in [-0.2, 0) is 9.53 Å². The molecule has 0 spiro atoms. The molecule has 9 heteroatoms. The maximum Gasteiger partial charge on any atom is 0.331 e. The van der Waals surface area contributed by atoms with Crippen molar-refractivity contribution < 1.29 is 24.0 Å². The number of carbonyl (C=O) groups is 3. The van der Waals surface area contributed by atoms with Gasteiger partial charge >= 0.3 is 5.97 Å². The Balaban J connectivity index is 1.65. The molecular weight excluding hydrogens is 534 g/mol. The third-order valence-electron chi connectivity index (χ3n) is 7.50. The number of nitrogens with zero attached hydrogens (tertiary/aromatic N) is 3. The number of esters is 1. The monoisotopic (exact) mass is 559 g/mol. The fourth-order valence-electron chi connectivity index (χ4n) is 5.66. The molecule has 208 valence electrons. The van der Waals surface area contributed by atoms with Crippen molar-refractivity contribution in [2.24, 2.45) is 0 Å². The van der Waals surface area contributed by atoms with Gasteiger partial charge in [0.15, 0.2) is 6.04 Å². The number of imide groups is 1. The van der Waals surface area contributed by atoms with Gasteiger partial charge < -0.3 is 4.74 Å². The number of nitro benzene ring substituents is 1. The zero-order valence-corrected chi connectivity index (χ0v) is 22.5. The van der Waals surface area contributed by atoms with Gasteiger partial charge in [-0.05, 0) is 47.4 Å². The second kappa shape index (κ2) is 10.8. The fourth-order valence-corrected chi connectivity index (χ4v) is 5.66. The standard InChI is InChI=1S/C33H25N3O6/c1-2-42-33(39)30-29(22-16-18-24(19-17-22)36(40)41)25-13-7-6-12-23(25)20-28(21-10-4-3-5-11-21)34(30)35-31(37)26-14-8-9-15-27(26)32(35)38/h3-20,29-30H,2H2,1H3/t29-,30-/m0/s1. The number of carbonyl (C=O) groups excluding carboxylic acids is 3. The van der Waals surface area contributed by atoms with E-state index in [1.165, 1.54) is 17.1 Å². The van der Waals surface area contributed by atoms with Gasteiger partial charge in [-0.15, -0.1) is 0 Å². The average Bonchev–Trinajstić information content (AvgIpc) is 3.16. The van der Waals surface area contributed by atoms with Crippen LogP contribution >= 0.6 is 0 Å². The number of non-ortho nitro benzene ring substituents is 1. The molecule has 6 rings (SSSR count). The number of hydrogen-bond donors (Lipinski definition) is 0. The van der Waals surface area contributed by atoms with Crippen molar-refractivity contribution in [2.45, 2.75) is 18.9 Å². The first kappa shape index (κ1) is 26.6. The maximum atomic E-state index is 14.1. The van der Waals surface area contributed by atoms with E-state index < -0.39 is 34.7 Å². The van der Waals surface area contributed by atoms with E-state index >= 15 is 0 Å². The second-order valence-corrected chi connectivity index (χ2v) is 9.86. The van der Waals surface area contributed by atoms with Crippen molar-refractivity contribution in [2.75, 3.05) is 6.61 Å². The molecule has 2 atom stereocenters. The molecule has 42 heavy (non-hydrogen) atoms. The van der Waals surface area contributed by atoms with Gasteiger partial charge in [0.2, 0.25) is 0 Å². The van der Waals surface area contributed by atoms with E-state index in [1.54, 1.807) is 43.3 Å². The molecule has 9 nitrogen and oxygen atoms in total. The van der Waals surface area contributed by atoms with Gasteiger partial charge in [-0.25, -0.2) is 4.79 Å². The van der Waals surface area contributed by atoms with Gasteiger partial charge in [0.1, 0.15) is 0 Å². The summed E-state index contributed by atoms with van der Waals surface area (Å²) in [6.45, 7) is 1.74. The van der Waals surface area contributed by atoms with Crippen LogP contribution in [0.25, 0.3) is 11.8 Å². The minimum atomic E-state index is -1.23. The van der Waals surface area contributed by atoms with Crippen molar-refractivity contribution in [1.29, 1.82) is 0 Å². The van der Waals surface area contributed by atoms with E-state index in [-0.39, 0.29) is 23.4 Å². The molecule has 0 unspecified atom stereocenters. The lowest BCUT2D eigenvalue weighted by Gasteiger charge is -2.41. The fraction of sp³-hybridized carbons (Fsp3) is 0.121. The number of fused-ring (bicyclic) bond motifs is 2. The minimum Gasteiger partial charge on any atom is -0.464 e. The van der Waals surface area contributed by atoms with Crippen LogP contribution in [0.4, 0.5) is 5.69 Å². The van der Waals surface area contributed by atoms with Crippen molar-refractivity contribution >= 4 is 35.2 Å². The second-order valence-electron chi connectivity index (χ2n) is 9.86. The average molecular weight is 560 g/mol. The van der Waals surface area contributed by atoms with E-state index in [9.17, 15) is 24.5 Å². The topological polar surface area (TPSA) is 110 Å². The summed E-state index contributed by atoms with van der Waals surface area (Å²) >= 11 is 0. The zero-order chi connectivity index (χ0) is 29.4. The number of amides is 2. The Morgan fingerprint density at radius 2 is 1.43 bits per heavy atom. The van der Waals surface area contributed by atoms with Crippen LogP contribution in [0.1, 0.15) is 55.8 Å². The normalized spacial score (nSPS) is 17.7. The molecule has 0 N–H and O–H groups in total. The van der Waals surface area contributed by atoms with Gasteiger partial charge in [-0.1, -0.05) is 78.9 Å². The predicted octanol–water partition coefficient (Wildman–Crippen LogP) is 5.68. The van der Waals surface area contributed by atoms with Crippen molar-refractivity contribution in [3.8, 4) is 0 Å². The van der Waals surface area contributed by atoms with E-state index in [4.69, 9.17) is 4.74 Å². The van der Waals surface area contributed by atoms with Crippen molar-refractivity contribution in [3.63, 3.8) is 0 Å². The Morgan fingerprint density at radius 3 is 2.05 bits per heavy atom. The van der Waals surface area contributed by atoms with Gasteiger partial charge in [0, 0.05) is 18.1 Å². The molecular formula is C33H25N3O6.